The Hall–Kier alpha value is -2.41. The van der Waals surface area contributed by atoms with Gasteiger partial charge in [-0.1, -0.05) is 0 Å². The van der Waals surface area contributed by atoms with E-state index in [9.17, 15) is 4.79 Å². The van der Waals surface area contributed by atoms with E-state index in [0.717, 1.165) is 37.3 Å². The average Bonchev–Trinajstić information content (AvgIpc) is 2.99. The standard InChI is InChI=1S/C15H18N6O/c16-14-18-5-2-10(21-14)11-6-9-12(20-11)15(8-19-13(9)22)3-1-4-17-7-15/h2,5-6,17,20H,1,3-4,7-8H2,(H,19,22)(H2,16,18,21). The van der Waals surface area contributed by atoms with Gasteiger partial charge in [-0.3, -0.25) is 4.79 Å². The van der Waals surface area contributed by atoms with Crippen LogP contribution in [0.3, 0.4) is 0 Å². The number of carbonyl (C=O) groups is 1. The fourth-order valence-corrected chi connectivity index (χ4v) is 3.48. The second-order valence-electron chi connectivity index (χ2n) is 6.02. The molecule has 5 N–H and O–H groups in total. The number of nitrogens with two attached hydrogens (primary N) is 1. The molecule has 1 saturated heterocycles. The lowest BCUT2D eigenvalue weighted by Crippen LogP contribution is -2.54. The van der Waals surface area contributed by atoms with E-state index in [1.807, 2.05) is 6.07 Å². The summed E-state index contributed by atoms with van der Waals surface area (Å²) in [5, 5.41) is 6.46. The maximum Gasteiger partial charge on any atom is 0.253 e. The minimum atomic E-state index is -0.0572. The summed E-state index contributed by atoms with van der Waals surface area (Å²) >= 11 is 0. The highest BCUT2D eigenvalue weighted by Crippen LogP contribution is 2.37. The molecular weight excluding hydrogens is 280 g/mol. The van der Waals surface area contributed by atoms with Crippen LogP contribution in [0.4, 0.5) is 5.95 Å². The number of anilines is 1. The number of hydrogen-bond acceptors (Lipinski definition) is 5. The maximum atomic E-state index is 12.2. The van der Waals surface area contributed by atoms with Crippen molar-refractivity contribution in [3.8, 4) is 11.4 Å². The summed E-state index contributed by atoms with van der Waals surface area (Å²) in [5.74, 6) is 0.194. The third kappa shape index (κ3) is 1.97. The molecule has 4 heterocycles. The van der Waals surface area contributed by atoms with Crippen molar-refractivity contribution in [3.63, 3.8) is 0 Å². The Morgan fingerprint density at radius 1 is 1.32 bits per heavy atom. The van der Waals surface area contributed by atoms with Crippen LogP contribution >= 0.6 is 0 Å². The van der Waals surface area contributed by atoms with E-state index in [1.54, 1.807) is 12.3 Å². The molecule has 0 bridgehead atoms. The van der Waals surface area contributed by atoms with Gasteiger partial charge in [0.25, 0.3) is 5.91 Å². The molecule has 2 aromatic heterocycles. The van der Waals surface area contributed by atoms with E-state index in [4.69, 9.17) is 5.73 Å². The zero-order valence-corrected chi connectivity index (χ0v) is 12.1. The van der Waals surface area contributed by atoms with Crippen molar-refractivity contribution in [3.05, 3.63) is 29.6 Å². The van der Waals surface area contributed by atoms with Crippen molar-refractivity contribution in [1.82, 2.24) is 25.6 Å². The molecule has 114 valence electrons. The number of hydrogen-bond donors (Lipinski definition) is 4. The molecule has 2 aliphatic rings. The number of aromatic amines is 1. The summed E-state index contributed by atoms with van der Waals surface area (Å²) in [4.78, 5) is 23.8. The first kappa shape index (κ1) is 13.3. The van der Waals surface area contributed by atoms with Gasteiger partial charge in [0.05, 0.1) is 17.0 Å². The van der Waals surface area contributed by atoms with Gasteiger partial charge in [0.1, 0.15) is 0 Å². The summed E-state index contributed by atoms with van der Waals surface area (Å²) in [7, 11) is 0. The lowest BCUT2D eigenvalue weighted by atomic mass is 9.74. The molecule has 1 atom stereocenters. The normalized spacial score (nSPS) is 24.1. The van der Waals surface area contributed by atoms with Gasteiger partial charge >= 0.3 is 0 Å². The number of piperidine rings is 1. The number of nitrogens with zero attached hydrogens (tertiary/aromatic N) is 2. The van der Waals surface area contributed by atoms with E-state index in [0.29, 0.717) is 17.8 Å². The number of nitrogens with one attached hydrogen (secondary N) is 3. The summed E-state index contributed by atoms with van der Waals surface area (Å²) < 4.78 is 0. The molecule has 2 aliphatic heterocycles. The van der Waals surface area contributed by atoms with Crippen LogP contribution in [0.15, 0.2) is 18.3 Å². The molecule has 0 saturated carbocycles. The van der Waals surface area contributed by atoms with Crippen LogP contribution in [0.5, 0.6) is 0 Å². The first-order chi connectivity index (χ1) is 10.7. The monoisotopic (exact) mass is 298 g/mol. The Labute approximate surface area is 127 Å². The smallest absolute Gasteiger partial charge is 0.253 e. The molecular formula is C15H18N6O. The topological polar surface area (TPSA) is 109 Å². The van der Waals surface area contributed by atoms with E-state index < -0.39 is 0 Å². The van der Waals surface area contributed by atoms with Gasteiger partial charge in [-0.15, -0.1) is 0 Å². The summed E-state index contributed by atoms with van der Waals surface area (Å²) in [5.41, 5.74) is 8.83. The van der Waals surface area contributed by atoms with E-state index in [-0.39, 0.29) is 17.3 Å². The SMILES string of the molecule is Nc1nccc(-c2cc3c([nH]2)C2(CCCNC2)CNC3=O)n1. The van der Waals surface area contributed by atoms with Crippen LogP contribution in [0.25, 0.3) is 11.4 Å². The van der Waals surface area contributed by atoms with Crippen molar-refractivity contribution in [2.24, 2.45) is 0 Å². The summed E-state index contributed by atoms with van der Waals surface area (Å²) in [6, 6.07) is 3.65. The molecule has 7 nitrogen and oxygen atoms in total. The van der Waals surface area contributed by atoms with Gasteiger partial charge in [-0.05, 0) is 31.5 Å². The summed E-state index contributed by atoms with van der Waals surface area (Å²) in [6.07, 6.45) is 3.78. The predicted octanol–water partition coefficient (Wildman–Crippen LogP) is 0.419. The van der Waals surface area contributed by atoms with E-state index in [2.05, 4.69) is 25.6 Å². The molecule has 0 radical (unpaired) electrons. The maximum absolute atomic E-state index is 12.2. The Morgan fingerprint density at radius 3 is 3.00 bits per heavy atom. The Kier molecular flexibility index (Phi) is 2.90. The highest BCUT2D eigenvalue weighted by Gasteiger charge is 2.42. The van der Waals surface area contributed by atoms with Gasteiger partial charge in [0.2, 0.25) is 5.95 Å². The highest BCUT2D eigenvalue weighted by atomic mass is 16.1. The first-order valence-corrected chi connectivity index (χ1v) is 7.49. The van der Waals surface area contributed by atoms with Crippen LogP contribution in [0.2, 0.25) is 0 Å². The Balaban J connectivity index is 1.82. The largest absolute Gasteiger partial charge is 0.368 e. The van der Waals surface area contributed by atoms with Crippen LogP contribution in [0, 0.1) is 0 Å². The van der Waals surface area contributed by atoms with Crippen LogP contribution in [0.1, 0.15) is 28.9 Å². The molecule has 0 aromatic carbocycles. The van der Waals surface area contributed by atoms with Crippen molar-refractivity contribution in [2.75, 3.05) is 25.4 Å². The highest BCUT2D eigenvalue weighted by molar-refractivity contribution is 5.98. The van der Waals surface area contributed by atoms with Gasteiger partial charge < -0.3 is 21.4 Å². The Morgan fingerprint density at radius 2 is 2.23 bits per heavy atom. The number of amides is 1. The van der Waals surface area contributed by atoms with Crippen molar-refractivity contribution >= 4 is 11.9 Å². The number of aromatic nitrogens is 3. The summed E-state index contributed by atoms with van der Waals surface area (Å²) in [6.45, 7) is 2.56. The van der Waals surface area contributed by atoms with Gasteiger partial charge in [-0.2, -0.15) is 0 Å². The van der Waals surface area contributed by atoms with Crippen LogP contribution < -0.4 is 16.4 Å². The molecule has 22 heavy (non-hydrogen) atoms. The van der Waals surface area contributed by atoms with Crippen molar-refractivity contribution < 1.29 is 4.79 Å². The third-order valence-electron chi connectivity index (χ3n) is 4.60. The second-order valence-corrected chi connectivity index (χ2v) is 6.02. The lowest BCUT2D eigenvalue weighted by molar-refractivity contribution is 0.0915. The lowest BCUT2D eigenvalue weighted by Gasteiger charge is -2.40. The zero-order chi connectivity index (χ0) is 15.2. The minimum absolute atomic E-state index is 0.0317. The van der Waals surface area contributed by atoms with Gasteiger partial charge in [0.15, 0.2) is 0 Å². The number of H-pyrrole nitrogens is 1. The van der Waals surface area contributed by atoms with Crippen molar-refractivity contribution in [1.29, 1.82) is 0 Å². The first-order valence-electron chi connectivity index (χ1n) is 7.49. The fraction of sp³-hybridized carbons (Fsp3) is 0.400. The minimum Gasteiger partial charge on any atom is -0.368 e. The molecule has 1 fully saturated rings. The fourth-order valence-electron chi connectivity index (χ4n) is 3.48. The van der Waals surface area contributed by atoms with Crippen LogP contribution in [-0.4, -0.2) is 40.5 Å². The number of carbonyl (C=O) groups excluding carboxylic acids is 1. The molecule has 0 aliphatic carbocycles. The third-order valence-corrected chi connectivity index (χ3v) is 4.60. The van der Waals surface area contributed by atoms with Crippen LogP contribution in [-0.2, 0) is 5.41 Å². The number of nitrogen functional groups attached to an aromatic ring is 1. The van der Waals surface area contributed by atoms with E-state index in [1.165, 1.54) is 0 Å². The quantitative estimate of drug-likeness (QED) is 0.610. The zero-order valence-electron chi connectivity index (χ0n) is 12.1. The number of fused-ring (bicyclic) bond motifs is 2. The number of rotatable bonds is 1. The molecule has 4 rings (SSSR count). The molecule has 7 heteroatoms. The van der Waals surface area contributed by atoms with Gasteiger partial charge in [-0.25, -0.2) is 9.97 Å². The van der Waals surface area contributed by atoms with Gasteiger partial charge in [0, 0.05) is 30.4 Å². The predicted molar refractivity (Wildman–Crippen MR) is 82.3 cm³/mol. The molecule has 1 unspecified atom stereocenters. The molecule has 1 spiro atoms. The van der Waals surface area contributed by atoms with Crippen molar-refractivity contribution in [2.45, 2.75) is 18.3 Å². The molecule has 2 aromatic rings. The Bertz CT molecular complexity index is 731. The van der Waals surface area contributed by atoms with E-state index >= 15 is 0 Å². The average molecular weight is 298 g/mol. The molecule has 1 amide bonds. The second kappa shape index (κ2) is 4.81.